The molecule has 1 aliphatic heterocycles. The second kappa shape index (κ2) is 5.49. The zero-order valence-electron chi connectivity index (χ0n) is 13.7. The molecule has 1 aromatic carbocycles. The lowest BCUT2D eigenvalue weighted by Crippen LogP contribution is -2.84. The van der Waals surface area contributed by atoms with Crippen molar-refractivity contribution in [2.24, 2.45) is 0 Å². The summed E-state index contributed by atoms with van der Waals surface area (Å²) in [6.07, 6.45) is 1.87. The Kier molecular flexibility index (Phi) is 3.61. The molecule has 0 spiro atoms. The van der Waals surface area contributed by atoms with Crippen LogP contribution < -0.4 is 10.1 Å². The Balaban J connectivity index is 1.27. The molecule has 1 atom stereocenters. The number of hydrogen-bond acceptors (Lipinski definition) is 4. The third-order valence-corrected chi connectivity index (χ3v) is 5.51. The fourth-order valence-corrected chi connectivity index (χ4v) is 4.31. The molecule has 8 heteroatoms. The normalized spacial score (nSPS) is 32.5. The summed E-state index contributed by atoms with van der Waals surface area (Å²) in [5.41, 5.74) is -0.410. The van der Waals surface area contributed by atoms with Gasteiger partial charge in [0.1, 0.15) is 17.7 Å². The zero-order valence-corrected chi connectivity index (χ0v) is 14.4. The largest absolute Gasteiger partial charge is 0.484 e. The van der Waals surface area contributed by atoms with E-state index < -0.39 is 5.82 Å². The van der Waals surface area contributed by atoms with Crippen molar-refractivity contribution in [3.63, 3.8) is 0 Å². The molecule has 0 aromatic heterocycles. The van der Waals surface area contributed by atoms with E-state index in [1.54, 1.807) is 4.90 Å². The van der Waals surface area contributed by atoms with Crippen molar-refractivity contribution in [3.8, 4) is 5.75 Å². The van der Waals surface area contributed by atoms with Gasteiger partial charge in [-0.3, -0.25) is 9.69 Å². The molecule has 2 bridgehead atoms. The third-order valence-electron chi connectivity index (χ3n) is 5.20. The molecule has 1 aromatic rings. The molecule has 0 unspecified atom stereocenters. The van der Waals surface area contributed by atoms with Crippen molar-refractivity contribution < 1.29 is 23.5 Å². The standard InChI is InChI=1S/C17H18ClFN2O4/c1-10-5-21(15(23)25-10)17-7-16(8-17,9-17)20-14(22)6-24-11-2-3-12(18)13(19)4-11/h2-4,10H,5-9H2,1H3,(H,20,22)/t10-,16?,17?/m1/s1. The average Bonchev–Trinajstić information content (AvgIpc) is 2.81. The second-order valence-electron chi connectivity index (χ2n) is 7.25. The van der Waals surface area contributed by atoms with Crippen LogP contribution in [-0.4, -0.2) is 47.2 Å². The van der Waals surface area contributed by atoms with Crippen molar-refractivity contribution in [2.75, 3.05) is 13.2 Å². The maximum absolute atomic E-state index is 13.3. The summed E-state index contributed by atoms with van der Waals surface area (Å²) in [5, 5.41) is 2.97. The second-order valence-corrected chi connectivity index (χ2v) is 7.66. The lowest BCUT2D eigenvalue weighted by atomic mass is 9.43. The molecule has 134 valence electrons. The topological polar surface area (TPSA) is 67.9 Å². The number of ether oxygens (including phenoxy) is 2. The molecule has 1 saturated heterocycles. The Morgan fingerprint density at radius 3 is 2.80 bits per heavy atom. The highest BCUT2D eigenvalue weighted by Gasteiger charge is 2.72. The van der Waals surface area contributed by atoms with Gasteiger partial charge in [-0.15, -0.1) is 0 Å². The van der Waals surface area contributed by atoms with E-state index in [2.05, 4.69) is 5.32 Å². The number of hydrogen-bond donors (Lipinski definition) is 1. The minimum atomic E-state index is -0.590. The number of nitrogens with zero attached hydrogens (tertiary/aromatic N) is 1. The van der Waals surface area contributed by atoms with Gasteiger partial charge in [-0.25, -0.2) is 9.18 Å². The molecule has 2 amide bonds. The predicted octanol–water partition coefficient (Wildman–Crippen LogP) is 2.49. The number of nitrogens with one attached hydrogen (secondary N) is 1. The van der Waals surface area contributed by atoms with Gasteiger partial charge in [0, 0.05) is 11.6 Å². The summed E-state index contributed by atoms with van der Waals surface area (Å²) in [7, 11) is 0. The van der Waals surface area contributed by atoms with Crippen molar-refractivity contribution in [1.29, 1.82) is 0 Å². The molecular weight excluding hydrogens is 351 g/mol. The molecule has 1 N–H and O–H groups in total. The minimum absolute atomic E-state index is 0.00530. The van der Waals surface area contributed by atoms with Crippen LogP contribution in [0.3, 0.4) is 0 Å². The van der Waals surface area contributed by atoms with Crippen LogP contribution in [-0.2, 0) is 9.53 Å². The summed E-state index contributed by atoms with van der Waals surface area (Å²) in [5.74, 6) is -0.603. The molecule has 3 aliphatic carbocycles. The fraction of sp³-hybridized carbons (Fsp3) is 0.529. The summed E-state index contributed by atoms with van der Waals surface area (Å²) in [4.78, 5) is 25.7. The molecule has 3 saturated carbocycles. The van der Waals surface area contributed by atoms with Gasteiger partial charge in [0.15, 0.2) is 6.61 Å². The van der Waals surface area contributed by atoms with Crippen LogP contribution >= 0.6 is 11.6 Å². The summed E-state index contributed by atoms with van der Waals surface area (Å²) in [6, 6.07) is 4.03. The number of halogens is 2. The van der Waals surface area contributed by atoms with E-state index in [4.69, 9.17) is 21.1 Å². The number of cyclic esters (lactones) is 1. The lowest BCUT2D eigenvalue weighted by Gasteiger charge is -2.72. The number of carbonyl (C=O) groups is 2. The third kappa shape index (κ3) is 2.70. The van der Waals surface area contributed by atoms with Gasteiger partial charge < -0.3 is 14.8 Å². The van der Waals surface area contributed by atoms with Crippen LogP contribution in [0.4, 0.5) is 9.18 Å². The maximum atomic E-state index is 13.3. The van der Waals surface area contributed by atoms with Gasteiger partial charge in [-0.2, -0.15) is 0 Å². The first kappa shape index (κ1) is 16.4. The fourth-order valence-electron chi connectivity index (χ4n) is 4.19. The number of rotatable bonds is 5. The van der Waals surface area contributed by atoms with Crippen molar-refractivity contribution in [3.05, 3.63) is 29.0 Å². The van der Waals surface area contributed by atoms with Crippen LogP contribution in [0.2, 0.25) is 5.02 Å². The van der Waals surface area contributed by atoms with Gasteiger partial charge in [0.25, 0.3) is 5.91 Å². The molecule has 5 rings (SSSR count). The smallest absolute Gasteiger partial charge is 0.410 e. The van der Waals surface area contributed by atoms with Crippen molar-refractivity contribution in [2.45, 2.75) is 43.4 Å². The Morgan fingerprint density at radius 2 is 2.20 bits per heavy atom. The quantitative estimate of drug-likeness (QED) is 0.867. The van der Waals surface area contributed by atoms with E-state index in [1.807, 2.05) is 6.92 Å². The molecule has 4 fully saturated rings. The monoisotopic (exact) mass is 368 g/mol. The van der Waals surface area contributed by atoms with Gasteiger partial charge in [-0.1, -0.05) is 11.6 Å². The molecule has 6 nitrogen and oxygen atoms in total. The van der Waals surface area contributed by atoms with Gasteiger partial charge in [0.2, 0.25) is 0 Å². The first-order valence-corrected chi connectivity index (χ1v) is 8.56. The van der Waals surface area contributed by atoms with E-state index in [0.717, 1.165) is 25.3 Å². The average molecular weight is 369 g/mol. The van der Waals surface area contributed by atoms with Crippen LogP contribution in [0.25, 0.3) is 0 Å². The summed E-state index contributed by atoms with van der Waals surface area (Å²) >= 11 is 5.60. The van der Waals surface area contributed by atoms with Crippen LogP contribution in [0.1, 0.15) is 26.2 Å². The number of carbonyl (C=O) groups excluding carboxylic acids is 2. The summed E-state index contributed by atoms with van der Waals surface area (Å²) in [6.45, 7) is 2.28. The van der Waals surface area contributed by atoms with Gasteiger partial charge >= 0.3 is 6.09 Å². The molecular formula is C17H18ClFN2O4. The van der Waals surface area contributed by atoms with Crippen LogP contribution in [0.5, 0.6) is 5.75 Å². The van der Waals surface area contributed by atoms with Crippen LogP contribution in [0.15, 0.2) is 18.2 Å². The van der Waals surface area contributed by atoms with Gasteiger partial charge in [-0.05, 0) is 38.3 Å². The molecule has 1 heterocycles. The first-order chi connectivity index (χ1) is 11.8. The van der Waals surface area contributed by atoms with Crippen molar-refractivity contribution >= 4 is 23.6 Å². The lowest BCUT2D eigenvalue weighted by molar-refractivity contribution is -0.166. The minimum Gasteiger partial charge on any atom is -0.484 e. The Bertz CT molecular complexity index is 736. The Morgan fingerprint density at radius 1 is 1.48 bits per heavy atom. The summed E-state index contributed by atoms with van der Waals surface area (Å²) < 4.78 is 23.8. The highest BCUT2D eigenvalue weighted by atomic mass is 35.5. The van der Waals surface area contributed by atoms with Gasteiger partial charge in [0.05, 0.1) is 17.1 Å². The number of amides is 2. The van der Waals surface area contributed by atoms with Crippen LogP contribution in [0, 0.1) is 5.82 Å². The molecule has 0 radical (unpaired) electrons. The van der Waals surface area contributed by atoms with E-state index in [0.29, 0.717) is 6.54 Å². The van der Waals surface area contributed by atoms with E-state index in [-0.39, 0.29) is 46.6 Å². The zero-order chi connectivity index (χ0) is 17.8. The predicted molar refractivity (Wildman–Crippen MR) is 87.0 cm³/mol. The molecule has 25 heavy (non-hydrogen) atoms. The van der Waals surface area contributed by atoms with Crippen molar-refractivity contribution in [1.82, 2.24) is 10.2 Å². The SMILES string of the molecule is C[C@@H]1CN(C23CC(NC(=O)COc4ccc(Cl)c(F)c4)(C2)C3)C(=O)O1. The van der Waals surface area contributed by atoms with E-state index in [9.17, 15) is 14.0 Å². The highest BCUT2D eigenvalue weighted by Crippen LogP contribution is 2.64. The first-order valence-electron chi connectivity index (χ1n) is 8.18. The molecule has 4 aliphatic rings. The van der Waals surface area contributed by atoms with E-state index in [1.165, 1.54) is 12.1 Å². The number of benzene rings is 1. The Labute approximate surface area is 149 Å². The Hall–Kier alpha value is -2.02. The highest BCUT2D eigenvalue weighted by molar-refractivity contribution is 6.30. The van der Waals surface area contributed by atoms with E-state index >= 15 is 0 Å². The maximum Gasteiger partial charge on any atom is 0.410 e.